The number of rotatable bonds is 1. The predicted molar refractivity (Wildman–Crippen MR) is 63.4 cm³/mol. The molecule has 2 N–H and O–H groups in total. The lowest BCUT2D eigenvalue weighted by molar-refractivity contribution is -0.00958. The van der Waals surface area contributed by atoms with Gasteiger partial charge in [-0.3, -0.25) is 4.90 Å². The summed E-state index contributed by atoms with van der Waals surface area (Å²) in [6.45, 7) is 5.54. The second-order valence-electron chi connectivity index (χ2n) is 5.24. The molecule has 1 aliphatic rings. The minimum atomic E-state index is -1.04. The van der Waals surface area contributed by atoms with E-state index in [1.54, 1.807) is 20.8 Å². The van der Waals surface area contributed by atoms with Gasteiger partial charge >= 0.3 is 12.2 Å². The van der Waals surface area contributed by atoms with Crippen LogP contribution < -0.4 is 0 Å². The van der Waals surface area contributed by atoms with E-state index in [4.69, 9.17) is 9.84 Å². The molecule has 0 aromatic carbocycles. The quantitative estimate of drug-likeness (QED) is 0.719. The molecule has 0 radical (unpaired) electrons. The Morgan fingerprint density at radius 2 is 1.94 bits per heavy atom. The fourth-order valence-corrected chi connectivity index (χ4v) is 1.75. The third-order valence-electron chi connectivity index (χ3n) is 2.59. The molecule has 1 fully saturated rings. The lowest BCUT2D eigenvalue weighted by Crippen LogP contribution is -2.58. The third kappa shape index (κ3) is 3.76. The molecule has 104 valence electrons. The van der Waals surface area contributed by atoms with Gasteiger partial charge in [-0.15, -0.1) is 0 Å². The van der Waals surface area contributed by atoms with Crippen LogP contribution in [0.4, 0.5) is 9.59 Å². The highest BCUT2D eigenvalue weighted by atomic mass is 16.6. The highest BCUT2D eigenvalue weighted by Gasteiger charge is 2.34. The number of hydrogen-bond acceptors (Lipinski definition) is 4. The Hall–Kier alpha value is -1.50. The molecule has 7 nitrogen and oxygen atoms in total. The maximum atomic E-state index is 11.9. The molecule has 1 atom stereocenters. The van der Waals surface area contributed by atoms with Crippen LogP contribution in [0.1, 0.15) is 20.8 Å². The van der Waals surface area contributed by atoms with Gasteiger partial charge in [0, 0.05) is 19.6 Å². The van der Waals surface area contributed by atoms with Crippen molar-refractivity contribution >= 4 is 12.2 Å². The highest BCUT2D eigenvalue weighted by molar-refractivity contribution is 5.70. The number of carbonyl (C=O) groups excluding carboxylic acids is 1. The molecule has 18 heavy (non-hydrogen) atoms. The van der Waals surface area contributed by atoms with E-state index in [0.29, 0.717) is 0 Å². The Balaban J connectivity index is 2.67. The first-order valence-electron chi connectivity index (χ1n) is 5.83. The molecule has 1 saturated heterocycles. The first kappa shape index (κ1) is 14.6. The Labute approximate surface area is 106 Å². The number of amides is 2. The van der Waals surface area contributed by atoms with Crippen LogP contribution in [0.2, 0.25) is 0 Å². The Morgan fingerprint density at radius 3 is 2.39 bits per heavy atom. The number of hydrogen-bond donors (Lipinski definition) is 2. The van der Waals surface area contributed by atoms with E-state index in [-0.39, 0.29) is 26.2 Å². The number of carboxylic acid groups (broad SMARTS) is 1. The van der Waals surface area contributed by atoms with Crippen LogP contribution in [0, 0.1) is 0 Å². The first-order chi connectivity index (χ1) is 8.24. The predicted octanol–water partition coefficient (Wildman–Crippen LogP) is 0.578. The van der Waals surface area contributed by atoms with Crippen molar-refractivity contribution < 1.29 is 24.5 Å². The molecule has 1 rings (SSSR count). The molecule has 0 aromatic rings. The fraction of sp³-hybridized carbons (Fsp3) is 0.818. The molecular weight excluding hydrogens is 240 g/mol. The van der Waals surface area contributed by atoms with Crippen molar-refractivity contribution in [1.29, 1.82) is 0 Å². The van der Waals surface area contributed by atoms with Crippen LogP contribution in [0.3, 0.4) is 0 Å². The zero-order valence-electron chi connectivity index (χ0n) is 10.9. The van der Waals surface area contributed by atoms with Gasteiger partial charge in [0.2, 0.25) is 0 Å². The zero-order valence-corrected chi connectivity index (χ0v) is 10.9. The third-order valence-corrected chi connectivity index (χ3v) is 2.59. The van der Waals surface area contributed by atoms with Crippen molar-refractivity contribution in [3.8, 4) is 0 Å². The molecule has 1 heterocycles. The molecule has 7 heteroatoms. The summed E-state index contributed by atoms with van der Waals surface area (Å²) in [5.74, 6) is 0. The van der Waals surface area contributed by atoms with Crippen LogP contribution in [0.5, 0.6) is 0 Å². The SMILES string of the molecule is CC(C)(C)OC(=O)N1CCN(C(=O)O)C[C@@H]1CO. The van der Waals surface area contributed by atoms with E-state index in [1.807, 2.05) is 0 Å². The van der Waals surface area contributed by atoms with Crippen molar-refractivity contribution in [1.82, 2.24) is 9.80 Å². The molecule has 0 spiro atoms. The van der Waals surface area contributed by atoms with Gasteiger partial charge in [-0.05, 0) is 20.8 Å². The molecule has 1 aliphatic heterocycles. The van der Waals surface area contributed by atoms with E-state index in [2.05, 4.69) is 0 Å². The molecule has 0 aromatic heterocycles. The normalized spacial score (nSPS) is 20.8. The average molecular weight is 260 g/mol. The van der Waals surface area contributed by atoms with E-state index >= 15 is 0 Å². The molecule has 0 unspecified atom stereocenters. The lowest BCUT2D eigenvalue weighted by atomic mass is 10.2. The second kappa shape index (κ2) is 5.43. The number of piperazine rings is 1. The van der Waals surface area contributed by atoms with Crippen molar-refractivity contribution in [2.75, 3.05) is 26.2 Å². The van der Waals surface area contributed by atoms with Crippen LogP contribution >= 0.6 is 0 Å². The smallest absolute Gasteiger partial charge is 0.410 e. The maximum Gasteiger partial charge on any atom is 0.410 e. The number of aliphatic hydroxyl groups excluding tert-OH is 1. The first-order valence-corrected chi connectivity index (χ1v) is 5.83. The summed E-state index contributed by atoms with van der Waals surface area (Å²) in [7, 11) is 0. The van der Waals surface area contributed by atoms with Crippen LogP contribution in [0.15, 0.2) is 0 Å². The van der Waals surface area contributed by atoms with Crippen molar-refractivity contribution in [2.24, 2.45) is 0 Å². The summed E-state index contributed by atoms with van der Waals surface area (Å²) < 4.78 is 5.21. The molecule has 0 bridgehead atoms. The second-order valence-corrected chi connectivity index (χ2v) is 5.24. The minimum absolute atomic E-state index is 0.102. The summed E-state index contributed by atoms with van der Waals surface area (Å²) in [6.07, 6.45) is -1.57. The Morgan fingerprint density at radius 1 is 1.33 bits per heavy atom. The van der Waals surface area contributed by atoms with Gasteiger partial charge in [-0.1, -0.05) is 0 Å². The molecular formula is C11H20N2O5. The van der Waals surface area contributed by atoms with Crippen LogP contribution in [-0.4, -0.2) is 70.1 Å². The molecule has 0 saturated carbocycles. The average Bonchev–Trinajstić information content (AvgIpc) is 2.25. The molecule has 0 aliphatic carbocycles. The standard InChI is InChI=1S/C11H20N2O5/c1-11(2,3)18-10(17)13-5-4-12(9(15)16)6-8(13)7-14/h8,14H,4-7H2,1-3H3,(H,15,16)/t8-/m1/s1. The number of nitrogens with zero attached hydrogens (tertiary/aromatic N) is 2. The van der Waals surface area contributed by atoms with E-state index in [1.165, 1.54) is 9.80 Å². The fourth-order valence-electron chi connectivity index (χ4n) is 1.75. The van der Waals surface area contributed by atoms with Gasteiger partial charge in [-0.25, -0.2) is 9.59 Å². The minimum Gasteiger partial charge on any atom is -0.465 e. The van der Waals surface area contributed by atoms with Gasteiger partial charge in [0.25, 0.3) is 0 Å². The van der Waals surface area contributed by atoms with Gasteiger partial charge < -0.3 is 19.8 Å². The summed E-state index contributed by atoms with van der Waals surface area (Å²) in [5.41, 5.74) is -0.610. The summed E-state index contributed by atoms with van der Waals surface area (Å²) in [6, 6.07) is -0.551. The maximum absolute atomic E-state index is 11.9. The van der Waals surface area contributed by atoms with E-state index in [0.717, 1.165) is 0 Å². The number of carbonyl (C=O) groups is 2. The van der Waals surface area contributed by atoms with E-state index < -0.39 is 23.8 Å². The Kier molecular flexibility index (Phi) is 4.39. The summed E-state index contributed by atoms with van der Waals surface area (Å²) in [4.78, 5) is 25.3. The number of aliphatic hydroxyl groups is 1. The van der Waals surface area contributed by atoms with Gasteiger partial charge in [0.15, 0.2) is 0 Å². The van der Waals surface area contributed by atoms with Crippen molar-refractivity contribution in [3.05, 3.63) is 0 Å². The largest absolute Gasteiger partial charge is 0.465 e. The molecule has 2 amide bonds. The summed E-state index contributed by atoms with van der Waals surface area (Å²) >= 11 is 0. The Bertz CT molecular complexity index is 326. The van der Waals surface area contributed by atoms with Crippen molar-refractivity contribution in [3.63, 3.8) is 0 Å². The van der Waals surface area contributed by atoms with Crippen LogP contribution in [0.25, 0.3) is 0 Å². The van der Waals surface area contributed by atoms with E-state index in [9.17, 15) is 14.7 Å². The van der Waals surface area contributed by atoms with Gasteiger partial charge in [0.1, 0.15) is 5.60 Å². The topological polar surface area (TPSA) is 90.3 Å². The number of ether oxygens (including phenoxy) is 1. The zero-order chi connectivity index (χ0) is 13.9. The van der Waals surface area contributed by atoms with Gasteiger partial charge in [-0.2, -0.15) is 0 Å². The monoisotopic (exact) mass is 260 g/mol. The van der Waals surface area contributed by atoms with Crippen LogP contribution in [-0.2, 0) is 4.74 Å². The summed E-state index contributed by atoms with van der Waals surface area (Å²) in [5, 5.41) is 18.1. The van der Waals surface area contributed by atoms with Gasteiger partial charge in [0.05, 0.1) is 12.6 Å². The van der Waals surface area contributed by atoms with Crippen molar-refractivity contribution in [2.45, 2.75) is 32.4 Å². The highest BCUT2D eigenvalue weighted by Crippen LogP contribution is 2.15. The lowest BCUT2D eigenvalue weighted by Gasteiger charge is -2.39.